The lowest BCUT2D eigenvalue weighted by molar-refractivity contribution is 0.0594. The maximum absolute atomic E-state index is 11.5. The van der Waals surface area contributed by atoms with Crippen LogP contribution in [0, 0.1) is 13.8 Å². The Kier molecular flexibility index (Phi) is 4.21. The number of hydrogen-bond acceptors (Lipinski definition) is 5. The summed E-state index contributed by atoms with van der Waals surface area (Å²) in [5.74, 6) is -0.412. The summed E-state index contributed by atoms with van der Waals surface area (Å²) >= 11 is 4.95. The van der Waals surface area contributed by atoms with Crippen LogP contribution >= 0.6 is 27.3 Å². The van der Waals surface area contributed by atoms with E-state index in [-0.39, 0.29) is 0 Å². The Bertz CT molecular complexity index is 625. The third-order valence-corrected chi connectivity index (χ3v) is 4.55. The zero-order valence-electron chi connectivity index (χ0n) is 10.8. The molecule has 0 atom stereocenters. The van der Waals surface area contributed by atoms with E-state index in [1.165, 1.54) is 18.4 Å². The average Bonchev–Trinajstić information content (AvgIpc) is 2.75. The minimum Gasteiger partial charge on any atom is -0.464 e. The molecule has 0 aliphatic rings. The topological polar surface area (TPSA) is 51.2 Å². The standard InChI is InChI=1S/C13H13BrN2O2S/c1-7-5-4-6-9(10(7)14)15-13-16-11(8(2)19-13)12(17)18-3/h4-6H,1-3H3,(H,15,16). The Labute approximate surface area is 124 Å². The summed E-state index contributed by atoms with van der Waals surface area (Å²) in [6, 6.07) is 5.93. The van der Waals surface area contributed by atoms with Crippen molar-refractivity contribution in [1.82, 2.24) is 4.98 Å². The van der Waals surface area contributed by atoms with Crippen molar-refractivity contribution in [1.29, 1.82) is 0 Å². The number of nitrogens with one attached hydrogen (secondary N) is 1. The Hall–Kier alpha value is -1.40. The summed E-state index contributed by atoms with van der Waals surface area (Å²) < 4.78 is 5.68. The Balaban J connectivity index is 2.29. The summed E-state index contributed by atoms with van der Waals surface area (Å²) in [5, 5.41) is 3.88. The van der Waals surface area contributed by atoms with E-state index in [0.29, 0.717) is 10.8 Å². The van der Waals surface area contributed by atoms with Crippen molar-refractivity contribution in [2.45, 2.75) is 13.8 Å². The lowest BCUT2D eigenvalue weighted by Gasteiger charge is -2.07. The molecule has 1 aromatic heterocycles. The van der Waals surface area contributed by atoms with Gasteiger partial charge in [-0.3, -0.25) is 0 Å². The van der Waals surface area contributed by atoms with E-state index in [1.54, 1.807) is 0 Å². The number of benzene rings is 1. The van der Waals surface area contributed by atoms with Gasteiger partial charge in [-0.25, -0.2) is 9.78 Å². The molecule has 0 aliphatic carbocycles. The molecule has 1 aromatic carbocycles. The molecule has 0 saturated heterocycles. The maximum atomic E-state index is 11.5. The van der Waals surface area contributed by atoms with Gasteiger partial charge in [0.25, 0.3) is 0 Å². The summed E-state index contributed by atoms with van der Waals surface area (Å²) in [6.45, 7) is 3.86. The summed E-state index contributed by atoms with van der Waals surface area (Å²) in [7, 11) is 1.35. The molecule has 1 N–H and O–H groups in total. The zero-order valence-corrected chi connectivity index (χ0v) is 13.2. The van der Waals surface area contributed by atoms with Gasteiger partial charge in [0.2, 0.25) is 0 Å². The molecule has 0 spiro atoms. The number of methoxy groups -OCH3 is 1. The molecule has 0 amide bonds. The molecule has 0 unspecified atom stereocenters. The van der Waals surface area contributed by atoms with Gasteiger partial charge in [0.1, 0.15) is 0 Å². The Morgan fingerprint density at radius 3 is 2.84 bits per heavy atom. The van der Waals surface area contributed by atoms with Crippen LogP contribution in [0.25, 0.3) is 0 Å². The second kappa shape index (κ2) is 5.71. The Morgan fingerprint density at radius 2 is 2.16 bits per heavy atom. The minimum absolute atomic E-state index is 0.360. The third-order valence-electron chi connectivity index (χ3n) is 2.61. The van der Waals surface area contributed by atoms with E-state index in [2.05, 4.69) is 26.2 Å². The predicted molar refractivity (Wildman–Crippen MR) is 80.4 cm³/mol. The predicted octanol–water partition coefficient (Wildman–Crippen LogP) is 4.05. The molecule has 6 heteroatoms. The molecule has 0 fully saturated rings. The molecule has 0 radical (unpaired) electrons. The number of aromatic nitrogens is 1. The Morgan fingerprint density at radius 1 is 1.42 bits per heavy atom. The van der Waals surface area contributed by atoms with Crippen LogP contribution in [0.2, 0.25) is 0 Å². The number of carbonyl (C=O) groups excluding carboxylic acids is 1. The molecule has 100 valence electrons. The van der Waals surface area contributed by atoms with Crippen LogP contribution < -0.4 is 5.32 Å². The first-order chi connectivity index (χ1) is 9.02. The van der Waals surface area contributed by atoms with Gasteiger partial charge in [0.05, 0.1) is 12.8 Å². The van der Waals surface area contributed by atoms with E-state index in [0.717, 1.165) is 20.6 Å². The van der Waals surface area contributed by atoms with Gasteiger partial charge in [0.15, 0.2) is 10.8 Å². The molecule has 0 bridgehead atoms. The molecule has 2 rings (SSSR count). The van der Waals surface area contributed by atoms with Gasteiger partial charge >= 0.3 is 5.97 Å². The first-order valence-corrected chi connectivity index (χ1v) is 7.21. The lowest BCUT2D eigenvalue weighted by Crippen LogP contribution is -2.03. The van der Waals surface area contributed by atoms with Crippen LogP contribution in [0.3, 0.4) is 0 Å². The first kappa shape index (κ1) is 14.0. The smallest absolute Gasteiger partial charge is 0.357 e. The van der Waals surface area contributed by atoms with E-state index in [1.807, 2.05) is 32.0 Å². The molecular weight excluding hydrogens is 328 g/mol. The summed E-state index contributed by atoms with van der Waals surface area (Å²) in [6.07, 6.45) is 0. The highest BCUT2D eigenvalue weighted by Gasteiger charge is 2.16. The van der Waals surface area contributed by atoms with Gasteiger partial charge in [-0.15, -0.1) is 11.3 Å². The number of ether oxygens (including phenoxy) is 1. The number of hydrogen-bond donors (Lipinski definition) is 1. The van der Waals surface area contributed by atoms with Crippen molar-refractivity contribution < 1.29 is 9.53 Å². The fourth-order valence-corrected chi connectivity index (χ4v) is 2.77. The maximum Gasteiger partial charge on any atom is 0.357 e. The molecule has 0 aliphatic heterocycles. The number of anilines is 2. The highest BCUT2D eigenvalue weighted by atomic mass is 79.9. The van der Waals surface area contributed by atoms with E-state index < -0.39 is 5.97 Å². The highest BCUT2D eigenvalue weighted by molar-refractivity contribution is 9.10. The van der Waals surface area contributed by atoms with Crippen molar-refractivity contribution in [2.75, 3.05) is 12.4 Å². The largest absolute Gasteiger partial charge is 0.464 e. The van der Waals surface area contributed by atoms with Crippen LogP contribution in [-0.4, -0.2) is 18.1 Å². The molecule has 19 heavy (non-hydrogen) atoms. The number of carbonyl (C=O) groups is 1. The zero-order chi connectivity index (χ0) is 14.0. The fourth-order valence-electron chi connectivity index (χ4n) is 1.60. The second-order valence-corrected chi connectivity index (χ2v) is 5.97. The quantitative estimate of drug-likeness (QED) is 0.856. The van der Waals surface area contributed by atoms with Crippen LogP contribution in [0.1, 0.15) is 20.9 Å². The van der Waals surface area contributed by atoms with E-state index in [9.17, 15) is 4.79 Å². The van der Waals surface area contributed by atoms with Crippen LogP contribution in [0.15, 0.2) is 22.7 Å². The molecule has 2 aromatic rings. The van der Waals surface area contributed by atoms with Gasteiger partial charge in [-0.2, -0.15) is 0 Å². The number of aryl methyl sites for hydroxylation is 2. The lowest BCUT2D eigenvalue weighted by atomic mass is 10.2. The van der Waals surface area contributed by atoms with Gasteiger partial charge in [0, 0.05) is 9.35 Å². The van der Waals surface area contributed by atoms with Crippen molar-refractivity contribution in [3.05, 3.63) is 38.8 Å². The van der Waals surface area contributed by atoms with Crippen molar-refractivity contribution in [3.8, 4) is 0 Å². The number of rotatable bonds is 3. The molecule has 1 heterocycles. The highest BCUT2D eigenvalue weighted by Crippen LogP contribution is 2.31. The second-order valence-electron chi connectivity index (χ2n) is 3.98. The first-order valence-electron chi connectivity index (χ1n) is 5.60. The fraction of sp³-hybridized carbons (Fsp3) is 0.231. The molecule has 4 nitrogen and oxygen atoms in total. The molecule has 0 saturated carbocycles. The van der Waals surface area contributed by atoms with Crippen molar-refractivity contribution in [3.63, 3.8) is 0 Å². The van der Waals surface area contributed by atoms with Gasteiger partial charge < -0.3 is 10.1 Å². The summed E-state index contributed by atoms with van der Waals surface area (Å²) in [5.41, 5.74) is 2.41. The monoisotopic (exact) mass is 340 g/mol. The van der Waals surface area contributed by atoms with Crippen LogP contribution in [-0.2, 0) is 4.74 Å². The van der Waals surface area contributed by atoms with Crippen molar-refractivity contribution >= 4 is 44.1 Å². The van der Waals surface area contributed by atoms with Crippen molar-refractivity contribution in [2.24, 2.45) is 0 Å². The number of esters is 1. The SMILES string of the molecule is COC(=O)c1nc(Nc2cccc(C)c2Br)sc1C. The summed E-state index contributed by atoms with van der Waals surface area (Å²) in [4.78, 5) is 16.6. The van der Waals surface area contributed by atoms with Crippen LogP contribution in [0.4, 0.5) is 10.8 Å². The molecular formula is C13H13BrN2O2S. The third kappa shape index (κ3) is 2.96. The number of nitrogens with zero attached hydrogens (tertiary/aromatic N) is 1. The normalized spacial score (nSPS) is 10.3. The van der Waals surface area contributed by atoms with E-state index >= 15 is 0 Å². The average molecular weight is 341 g/mol. The van der Waals surface area contributed by atoms with Gasteiger partial charge in [-0.1, -0.05) is 12.1 Å². The number of thiazole rings is 1. The minimum atomic E-state index is -0.412. The van der Waals surface area contributed by atoms with Crippen LogP contribution in [0.5, 0.6) is 0 Å². The van der Waals surface area contributed by atoms with E-state index in [4.69, 9.17) is 4.74 Å². The van der Waals surface area contributed by atoms with Gasteiger partial charge in [-0.05, 0) is 41.4 Å². The number of halogens is 1.